The number of benzene rings is 1. The van der Waals surface area contributed by atoms with Crippen LogP contribution in [0.1, 0.15) is 18.4 Å². The van der Waals surface area contributed by atoms with E-state index in [1.807, 2.05) is 25.1 Å². The van der Waals surface area contributed by atoms with Crippen molar-refractivity contribution in [1.82, 2.24) is 9.29 Å². The van der Waals surface area contributed by atoms with E-state index in [0.29, 0.717) is 23.9 Å². The van der Waals surface area contributed by atoms with Gasteiger partial charge in [-0.1, -0.05) is 17.7 Å². The van der Waals surface area contributed by atoms with E-state index in [2.05, 4.69) is 10.3 Å². The van der Waals surface area contributed by atoms with Crippen LogP contribution < -0.4 is 5.32 Å². The molecule has 1 aromatic carbocycles. The third-order valence-corrected chi connectivity index (χ3v) is 6.17. The number of hydrogen-bond acceptors (Lipinski definition) is 4. The molecule has 122 valence electrons. The van der Waals surface area contributed by atoms with Gasteiger partial charge in [0.25, 0.3) is 0 Å². The normalized spacial score (nSPS) is 15.7. The van der Waals surface area contributed by atoms with Crippen molar-refractivity contribution in [2.24, 2.45) is 0 Å². The lowest BCUT2D eigenvalue weighted by molar-refractivity contribution is 0.477. The third-order valence-electron chi connectivity index (χ3n) is 3.88. The predicted octanol–water partition coefficient (Wildman–Crippen LogP) is 3.57. The zero-order chi connectivity index (χ0) is 16.4. The smallest absolute Gasteiger partial charge is 0.244 e. The minimum Gasteiger partial charge on any atom is -0.340 e. The molecule has 1 fully saturated rings. The van der Waals surface area contributed by atoms with E-state index in [-0.39, 0.29) is 4.90 Å². The van der Waals surface area contributed by atoms with Gasteiger partial charge in [-0.15, -0.1) is 0 Å². The molecule has 2 heterocycles. The highest BCUT2D eigenvalue weighted by molar-refractivity contribution is 7.89. The second kappa shape index (κ2) is 6.47. The molecule has 1 saturated heterocycles. The topological polar surface area (TPSA) is 62.3 Å². The average Bonchev–Trinajstić information content (AvgIpc) is 3.07. The lowest BCUT2D eigenvalue weighted by Gasteiger charge is -2.15. The van der Waals surface area contributed by atoms with Crippen molar-refractivity contribution in [1.29, 1.82) is 0 Å². The highest BCUT2D eigenvalue weighted by Crippen LogP contribution is 2.24. The lowest BCUT2D eigenvalue weighted by Crippen LogP contribution is -2.27. The van der Waals surface area contributed by atoms with Crippen LogP contribution in [0.25, 0.3) is 0 Å². The molecule has 0 aliphatic carbocycles. The maximum Gasteiger partial charge on any atom is 0.244 e. The second-order valence-corrected chi connectivity index (χ2v) is 7.92. The third kappa shape index (κ3) is 3.49. The summed E-state index contributed by atoms with van der Waals surface area (Å²) in [6.07, 6.45) is 3.23. The van der Waals surface area contributed by atoms with E-state index < -0.39 is 10.0 Å². The molecule has 5 nitrogen and oxygen atoms in total. The summed E-state index contributed by atoms with van der Waals surface area (Å²) in [4.78, 5) is 4.43. The van der Waals surface area contributed by atoms with Crippen LogP contribution in [0.2, 0.25) is 5.02 Å². The summed E-state index contributed by atoms with van der Waals surface area (Å²) in [5.41, 5.74) is 1.81. The van der Waals surface area contributed by atoms with E-state index in [1.54, 1.807) is 12.1 Å². The van der Waals surface area contributed by atoms with E-state index in [0.717, 1.165) is 24.1 Å². The van der Waals surface area contributed by atoms with Crippen LogP contribution in [0.3, 0.4) is 0 Å². The van der Waals surface area contributed by atoms with Crippen LogP contribution >= 0.6 is 11.6 Å². The first-order valence-electron chi connectivity index (χ1n) is 7.46. The zero-order valence-electron chi connectivity index (χ0n) is 12.8. The van der Waals surface area contributed by atoms with Crippen molar-refractivity contribution in [3.8, 4) is 0 Å². The second-order valence-electron chi connectivity index (χ2n) is 5.58. The Labute approximate surface area is 141 Å². The van der Waals surface area contributed by atoms with Crippen LogP contribution in [0.15, 0.2) is 41.4 Å². The number of halogens is 1. The molecular weight excluding hydrogens is 334 g/mol. The van der Waals surface area contributed by atoms with Gasteiger partial charge in [-0.05, 0) is 49.6 Å². The molecule has 0 unspecified atom stereocenters. The average molecular weight is 352 g/mol. The molecule has 0 saturated carbocycles. The van der Waals surface area contributed by atoms with Crippen LogP contribution in [0.5, 0.6) is 0 Å². The first kappa shape index (κ1) is 16.2. The number of aromatic nitrogens is 1. The van der Waals surface area contributed by atoms with Crippen molar-refractivity contribution in [2.45, 2.75) is 24.7 Å². The molecule has 0 amide bonds. The van der Waals surface area contributed by atoms with E-state index >= 15 is 0 Å². The Bertz CT molecular complexity index is 801. The summed E-state index contributed by atoms with van der Waals surface area (Å²) < 4.78 is 26.4. The molecule has 23 heavy (non-hydrogen) atoms. The van der Waals surface area contributed by atoms with Crippen LogP contribution in [-0.2, 0) is 10.0 Å². The molecule has 2 aromatic rings. The summed E-state index contributed by atoms with van der Waals surface area (Å²) in [6, 6.07) is 8.87. The summed E-state index contributed by atoms with van der Waals surface area (Å²) in [5.74, 6) is 0.574. The van der Waals surface area contributed by atoms with Crippen molar-refractivity contribution >= 4 is 33.1 Å². The molecule has 0 spiro atoms. The number of nitrogens with zero attached hydrogens (tertiary/aromatic N) is 2. The maximum atomic E-state index is 12.4. The number of nitrogens with one attached hydrogen (secondary N) is 1. The number of pyridine rings is 1. The Morgan fingerprint density at radius 2 is 1.91 bits per heavy atom. The minimum atomic E-state index is -3.42. The van der Waals surface area contributed by atoms with Crippen LogP contribution in [-0.4, -0.2) is 30.8 Å². The van der Waals surface area contributed by atoms with Crippen molar-refractivity contribution in [3.63, 3.8) is 0 Å². The highest BCUT2D eigenvalue weighted by atomic mass is 35.5. The molecule has 1 aromatic heterocycles. The Kier molecular flexibility index (Phi) is 4.57. The maximum absolute atomic E-state index is 12.4. The Morgan fingerprint density at radius 1 is 1.17 bits per heavy atom. The van der Waals surface area contributed by atoms with Gasteiger partial charge in [0.2, 0.25) is 10.0 Å². The van der Waals surface area contributed by atoms with Gasteiger partial charge in [-0.3, -0.25) is 0 Å². The van der Waals surface area contributed by atoms with Gasteiger partial charge in [0.05, 0.1) is 0 Å². The monoisotopic (exact) mass is 351 g/mol. The van der Waals surface area contributed by atoms with Gasteiger partial charge < -0.3 is 5.32 Å². The van der Waals surface area contributed by atoms with Crippen molar-refractivity contribution in [3.05, 3.63) is 47.1 Å². The summed E-state index contributed by atoms with van der Waals surface area (Å²) in [7, 11) is -3.42. The Morgan fingerprint density at radius 3 is 2.52 bits per heavy atom. The van der Waals surface area contributed by atoms with Gasteiger partial charge in [-0.2, -0.15) is 4.31 Å². The number of sulfonamides is 1. The highest BCUT2D eigenvalue weighted by Gasteiger charge is 2.27. The molecule has 0 bridgehead atoms. The van der Waals surface area contributed by atoms with Gasteiger partial charge in [0.1, 0.15) is 10.7 Å². The van der Waals surface area contributed by atoms with Crippen LogP contribution in [0.4, 0.5) is 11.5 Å². The van der Waals surface area contributed by atoms with Crippen LogP contribution in [0, 0.1) is 6.92 Å². The fourth-order valence-corrected chi connectivity index (χ4v) is 4.15. The first-order valence-corrected chi connectivity index (χ1v) is 9.28. The molecule has 1 N–H and O–H groups in total. The molecule has 7 heteroatoms. The lowest BCUT2D eigenvalue weighted by atomic mass is 10.2. The van der Waals surface area contributed by atoms with Gasteiger partial charge in [0, 0.05) is 30.0 Å². The van der Waals surface area contributed by atoms with E-state index in [1.165, 1.54) is 10.5 Å². The SMILES string of the molecule is Cc1ccc(Nc2ccc(S(=O)(=O)N3CCCC3)cn2)cc1Cl. The fraction of sp³-hybridized carbons (Fsp3) is 0.312. The van der Waals surface area contributed by atoms with Gasteiger partial charge >= 0.3 is 0 Å². The number of rotatable bonds is 4. The van der Waals surface area contributed by atoms with E-state index in [4.69, 9.17) is 11.6 Å². The zero-order valence-corrected chi connectivity index (χ0v) is 14.4. The summed E-state index contributed by atoms with van der Waals surface area (Å²) >= 11 is 6.09. The largest absolute Gasteiger partial charge is 0.340 e. The Balaban J connectivity index is 1.77. The van der Waals surface area contributed by atoms with Gasteiger partial charge in [-0.25, -0.2) is 13.4 Å². The quantitative estimate of drug-likeness (QED) is 0.914. The molecule has 3 rings (SSSR count). The minimum absolute atomic E-state index is 0.229. The number of aryl methyl sites for hydroxylation is 1. The standard InChI is InChI=1S/C16H18ClN3O2S/c1-12-4-5-13(10-15(12)17)19-16-7-6-14(11-18-16)23(21,22)20-8-2-3-9-20/h4-7,10-11H,2-3,8-9H2,1H3,(H,18,19). The fourth-order valence-electron chi connectivity index (χ4n) is 2.50. The number of hydrogen-bond donors (Lipinski definition) is 1. The summed E-state index contributed by atoms with van der Waals surface area (Å²) in [6.45, 7) is 3.11. The van der Waals surface area contributed by atoms with Crippen molar-refractivity contribution < 1.29 is 8.42 Å². The molecule has 0 atom stereocenters. The first-order chi connectivity index (χ1) is 11.0. The summed E-state index contributed by atoms with van der Waals surface area (Å²) in [5, 5.41) is 3.79. The molecular formula is C16H18ClN3O2S. The van der Waals surface area contributed by atoms with Crippen molar-refractivity contribution in [2.75, 3.05) is 18.4 Å². The predicted molar refractivity (Wildman–Crippen MR) is 91.7 cm³/mol. The molecule has 1 aliphatic rings. The van der Waals surface area contributed by atoms with E-state index in [9.17, 15) is 8.42 Å². The Hall–Kier alpha value is -1.63. The molecule has 1 aliphatic heterocycles. The number of anilines is 2. The van der Waals surface area contributed by atoms with Gasteiger partial charge in [0.15, 0.2) is 0 Å². The molecule has 0 radical (unpaired) electrons.